The Balaban J connectivity index is 1.67. The number of fused-ring (bicyclic) bond motifs is 1. The van der Waals surface area contributed by atoms with Crippen molar-refractivity contribution in [3.8, 4) is 0 Å². The Morgan fingerprint density at radius 3 is 3.00 bits per heavy atom. The fourth-order valence-corrected chi connectivity index (χ4v) is 2.85. The maximum absolute atomic E-state index is 6.03. The Bertz CT molecular complexity index is 536. The molecule has 0 saturated carbocycles. The summed E-state index contributed by atoms with van der Waals surface area (Å²) in [4.78, 5) is 0. The third-order valence-corrected chi connectivity index (χ3v) is 3.84. The van der Waals surface area contributed by atoms with E-state index in [4.69, 9.17) is 11.6 Å². The largest absolute Gasteiger partial charge is 0.307 e. The lowest BCUT2D eigenvalue weighted by Crippen LogP contribution is -2.31. The third-order valence-electron chi connectivity index (χ3n) is 3.61. The molecule has 3 nitrogen and oxygen atoms in total. The van der Waals surface area contributed by atoms with Crippen LogP contribution in [-0.4, -0.2) is 16.2 Å². The van der Waals surface area contributed by atoms with Gasteiger partial charge in [-0.05, 0) is 43.0 Å². The monoisotopic (exact) mass is 261 g/mol. The first kappa shape index (κ1) is 11.8. The first-order valence-electron chi connectivity index (χ1n) is 6.24. The minimum atomic E-state index is 0.318. The van der Waals surface area contributed by atoms with Gasteiger partial charge in [-0.15, -0.1) is 0 Å². The predicted octanol–water partition coefficient (Wildman–Crippen LogP) is 2.88. The van der Waals surface area contributed by atoms with Gasteiger partial charge in [-0.25, -0.2) is 0 Å². The highest BCUT2D eigenvalue weighted by molar-refractivity contribution is 6.30. The highest BCUT2D eigenvalue weighted by Gasteiger charge is 2.23. The number of nitrogens with zero attached hydrogens (tertiary/aromatic N) is 1. The normalized spacial score (nSPS) is 19.8. The van der Waals surface area contributed by atoms with Gasteiger partial charge in [0.15, 0.2) is 0 Å². The topological polar surface area (TPSA) is 40.7 Å². The molecule has 4 heteroatoms. The zero-order valence-electron chi connectivity index (χ0n) is 10.3. The Kier molecular flexibility index (Phi) is 3.10. The van der Waals surface area contributed by atoms with Crippen LogP contribution in [0.3, 0.4) is 0 Å². The summed E-state index contributed by atoms with van der Waals surface area (Å²) >= 11 is 6.03. The molecule has 0 spiro atoms. The van der Waals surface area contributed by atoms with Gasteiger partial charge in [0.2, 0.25) is 0 Å². The molecule has 1 aliphatic carbocycles. The molecule has 0 aliphatic heterocycles. The quantitative estimate of drug-likeness (QED) is 0.892. The lowest BCUT2D eigenvalue weighted by atomic mass is 10.1. The molecule has 2 N–H and O–H groups in total. The molecule has 1 aromatic heterocycles. The van der Waals surface area contributed by atoms with E-state index >= 15 is 0 Å². The number of hydrogen-bond acceptors (Lipinski definition) is 2. The smallest absolute Gasteiger partial charge is 0.0534 e. The van der Waals surface area contributed by atoms with Gasteiger partial charge in [0.25, 0.3) is 0 Å². The minimum Gasteiger partial charge on any atom is -0.307 e. The fraction of sp³-hybridized carbons (Fsp3) is 0.357. The van der Waals surface area contributed by atoms with Crippen LogP contribution in [0, 0.1) is 0 Å². The van der Waals surface area contributed by atoms with E-state index < -0.39 is 0 Å². The second kappa shape index (κ2) is 4.75. The Labute approximate surface area is 112 Å². The van der Waals surface area contributed by atoms with Crippen molar-refractivity contribution in [1.29, 1.82) is 0 Å². The van der Waals surface area contributed by atoms with E-state index in [2.05, 4.69) is 34.6 Å². The second-order valence-corrected chi connectivity index (χ2v) is 5.37. The maximum atomic E-state index is 6.03. The molecule has 0 fully saturated rings. The molecule has 2 aromatic rings. The van der Waals surface area contributed by atoms with Crippen LogP contribution in [0.15, 0.2) is 30.6 Å². The molecule has 2 unspecified atom stereocenters. The molecule has 1 aromatic carbocycles. The Morgan fingerprint density at radius 2 is 2.22 bits per heavy atom. The first-order chi connectivity index (χ1) is 8.72. The summed E-state index contributed by atoms with van der Waals surface area (Å²) in [6.45, 7) is 2.17. The van der Waals surface area contributed by atoms with Crippen molar-refractivity contribution >= 4 is 11.6 Å². The number of nitrogens with one attached hydrogen (secondary N) is 2. The summed E-state index contributed by atoms with van der Waals surface area (Å²) < 4.78 is 0. The maximum Gasteiger partial charge on any atom is 0.0534 e. The van der Waals surface area contributed by atoms with Crippen LogP contribution in [0.1, 0.15) is 29.7 Å². The van der Waals surface area contributed by atoms with Crippen LogP contribution in [-0.2, 0) is 12.8 Å². The highest BCUT2D eigenvalue weighted by atomic mass is 35.5. The number of halogens is 1. The van der Waals surface area contributed by atoms with Crippen molar-refractivity contribution < 1.29 is 0 Å². The minimum absolute atomic E-state index is 0.318. The number of rotatable bonds is 3. The summed E-state index contributed by atoms with van der Waals surface area (Å²) in [5.41, 5.74) is 3.99. The SMILES string of the molecule is CC(NC1Cc2ccc(Cl)cc2C1)c1cn[nH]c1. The van der Waals surface area contributed by atoms with Crippen molar-refractivity contribution in [2.45, 2.75) is 31.8 Å². The number of aromatic nitrogens is 2. The van der Waals surface area contributed by atoms with E-state index in [0.717, 1.165) is 17.9 Å². The van der Waals surface area contributed by atoms with E-state index in [1.165, 1.54) is 16.7 Å². The molecule has 0 saturated heterocycles. The molecule has 1 heterocycles. The van der Waals surface area contributed by atoms with E-state index in [9.17, 15) is 0 Å². The van der Waals surface area contributed by atoms with Crippen LogP contribution in [0.25, 0.3) is 0 Å². The average molecular weight is 262 g/mol. The molecule has 0 radical (unpaired) electrons. The Hall–Kier alpha value is -1.32. The molecule has 1 aliphatic rings. The van der Waals surface area contributed by atoms with Crippen molar-refractivity contribution in [2.75, 3.05) is 0 Å². The van der Waals surface area contributed by atoms with Crippen LogP contribution in [0.2, 0.25) is 5.02 Å². The molecule has 18 heavy (non-hydrogen) atoms. The number of aromatic amines is 1. The van der Waals surface area contributed by atoms with Crippen LogP contribution in [0.4, 0.5) is 0 Å². The van der Waals surface area contributed by atoms with Gasteiger partial charge in [0, 0.05) is 28.9 Å². The van der Waals surface area contributed by atoms with Crippen molar-refractivity contribution in [3.63, 3.8) is 0 Å². The lowest BCUT2D eigenvalue weighted by molar-refractivity contribution is 0.467. The fourth-order valence-electron chi connectivity index (χ4n) is 2.65. The van der Waals surface area contributed by atoms with Crippen LogP contribution >= 0.6 is 11.6 Å². The van der Waals surface area contributed by atoms with E-state index in [-0.39, 0.29) is 0 Å². The van der Waals surface area contributed by atoms with Gasteiger partial charge in [-0.1, -0.05) is 17.7 Å². The van der Waals surface area contributed by atoms with E-state index in [1.807, 2.05) is 18.5 Å². The van der Waals surface area contributed by atoms with Gasteiger partial charge < -0.3 is 5.32 Å². The summed E-state index contributed by atoms with van der Waals surface area (Å²) in [6, 6.07) is 7.01. The summed E-state index contributed by atoms with van der Waals surface area (Å²) in [5, 5.41) is 11.3. The van der Waals surface area contributed by atoms with Gasteiger partial charge >= 0.3 is 0 Å². The van der Waals surface area contributed by atoms with Crippen LogP contribution < -0.4 is 5.32 Å². The Morgan fingerprint density at radius 1 is 1.39 bits per heavy atom. The number of H-pyrrole nitrogens is 1. The standard InChI is InChI=1S/C14H16ClN3/c1-9(12-7-16-17-8-12)18-14-5-10-2-3-13(15)4-11(10)6-14/h2-4,7-9,14,18H,5-6H2,1H3,(H,16,17). The number of hydrogen-bond donors (Lipinski definition) is 2. The molecule has 2 atom stereocenters. The van der Waals surface area contributed by atoms with Crippen molar-refractivity contribution in [2.24, 2.45) is 0 Å². The van der Waals surface area contributed by atoms with Gasteiger partial charge in [-0.2, -0.15) is 5.10 Å². The lowest BCUT2D eigenvalue weighted by Gasteiger charge is -2.17. The average Bonchev–Trinajstić information content (AvgIpc) is 2.95. The summed E-state index contributed by atoms with van der Waals surface area (Å²) in [7, 11) is 0. The van der Waals surface area contributed by atoms with Gasteiger partial charge in [-0.3, -0.25) is 5.10 Å². The molecule has 3 rings (SSSR count). The zero-order valence-corrected chi connectivity index (χ0v) is 11.0. The van der Waals surface area contributed by atoms with Gasteiger partial charge in [0.1, 0.15) is 0 Å². The van der Waals surface area contributed by atoms with E-state index in [1.54, 1.807) is 0 Å². The molecule has 0 amide bonds. The number of benzene rings is 1. The van der Waals surface area contributed by atoms with Crippen LogP contribution in [0.5, 0.6) is 0 Å². The van der Waals surface area contributed by atoms with Crippen molar-refractivity contribution in [1.82, 2.24) is 15.5 Å². The third kappa shape index (κ3) is 2.28. The van der Waals surface area contributed by atoms with Crippen molar-refractivity contribution in [3.05, 3.63) is 52.3 Å². The second-order valence-electron chi connectivity index (χ2n) is 4.94. The first-order valence-corrected chi connectivity index (χ1v) is 6.62. The van der Waals surface area contributed by atoms with E-state index in [0.29, 0.717) is 12.1 Å². The zero-order chi connectivity index (χ0) is 12.5. The molecule has 94 valence electrons. The molecule has 0 bridgehead atoms. The predicted molar refractivity (Wildman–Crippen MR) is 72.8 cm³/mol. The highest BCUT2D eigenvalue weighted by Crippen LogP contribution is 2.26. The van der Waals surface area contributed by atoms with Gasteiger partial charge in [0.05, 0.1) is 6.20 Å². The molecular weight excluding hydrogens is 246 g/mol. The summed E-state index contributed by atoms with van der Waals surface area (Å²) in [5.74, 6) is 0. The summed E-state index contributed by atoms with van der Waals surface area (Å²) in [6.07, 6.45) is 5.94. The molecular formula is C14H16ClN3.